The van der Waals surface area contributed by atoms with Crippen molar-refractivity contribution in [2.45, 2.75) is 77.9 Å². The van der Waals surface area contributed by atoms with Crippen LogP contribution in [0.25, 0.3) is 0 Å². The Kier molecular flexibility index (Phi) is 13.3. The summed E-state index contributed by atoms with van der Waals surface area (Å²) in [5.74, 6) is -1.36. The van der Waals surface area contributed by atoms with Gasteiger partial charge in [0.1, 0.15) is 18.8 Å². The highest BCUT2D eigenvalue weighted by Gasteiger charge is 2.21. The van der Waals surface area contributed by atoms with Gasteiger partial charge in [-0.2, -0.15) is 0 Å². The summed E-state index contributed by atoms with van der Waals surface area (Å²) in [6.07, 6.45) is 1.95. The highest BCUT2D eigenvalue weighted by molar-refractivity contribution is 5.77. The molecule has 10 heteroatoms. The predicted molar refractivity (Wildman–Crippen MR) is 122 cm³/mol. The molecule has 0 radical (unpaired) electrons. The minimum absolute atomic E-state index is 0.0764. The maximum atomic E-state index is 12.3. The fourth-order valence-corrected chi connectivity index (χ4v) is 2.73. The van der Waals surface area contributed by atoms with Crippen LogP contribution in [0.1, 0.15) is 64.9 Å². The van der Waals surface area contributed by atoms with Crippen molar-refractivity contribution in [3.8, 4) is 11.5 Å². The van der Waals surface area contributed by atoms with Crippen molar-refractivity contribution < 1.29 is 42.9 Å². The molecule has 0 bridgehead atoms. The summed E-state index contributed by atoms with van der Waals surface area (Å²) in [5.41, 5.74) is 6.55. The monoisotopic (exact) mass is 481 g/mol. The molecular weight excluding hydrogens is 446 g/mol. The van der Waals surface area contributed by atoms with Gasteiger partial charge in [0, 0.05) is 12.8 Å². The summed E-state index contributed by atoms with van der Waals surface area (Å²) in [4.78, 5) is 47.5. The first-order valence-corrected chi connectivity index (χ1v) is 11.4. The molecule has 0 aliphatic carbocycles. The Bertz CT molecular complexity index is 825. The fraction of sp³-hybridized carbons (Fsp3) is 0.583. The molecule has 0 saturated carbocycles. The van der Waals surface area contributed by atoms with Crippen LogP contribution < -0.4 is 15.2 Å². The van der Waals surface area contributed by atoms with Gasteiger partial charge in [-0.3, -0.25) is 14.4 Å². The van der Waals surface area contributed by atoms with Crippen LogP contribution in [0.3, 0.4) is 0 Å². The first-order chi connectivity index (χ1) is 16.2. The average Bonchev–Trinajstić information content (AvgIpc) is 2.81. The molecule has 2 N–H and O–H groups in total. The van der Waals surface area contributed by atoms with Gasteiger partial charge >= 0.3 is 24.1 Å². The topological polar surface area (TPSA) is 140 Å². The Morgan fingerprint density at radius 3 is 2.09 bits per heavy atom. The van der Waals surface area contributed by atoms with Crippen LogP contribution in [0.15, 0.2) is 18.2 Å². The number of carbonyl (C=O) groups is 4. The molecular formula is C24H35NO9. The maximum Gasteiger partial charge on any atom is 0.508 e. The van der Waals surface area contributed by atoms with E-state index in [4.69, 9.17) is 24.7 Å². The van der Waals surface area contributed by atoms with E-state index in [1.165, 1.54) is 19.2 Å². The van der Waals surface area contributed by atoms with Gasteiger partial charge in [0.25, 0.3) is 0 Å². The molecule has 0 fully saturated rings. The first kappa shape index (κ1) is 28.9. The van der Waals surface area contributed by atoms with E-state index in [1.54, 1.807) is 13.0 Å². The molecule has 0 spiro atoms. The minimum Gasteiger partial charge on any atom is -0.458 e. The summed E-state index contributed by atoms with van der Waals surface area (Å²) in [6.45, 7) is 5.28. The normalized spacial score (nSPS) is 12.3. The summed E-state index contributed by atoms with van der Waals surface area (Å²) in [7, 11) is 1.17. The highest BCUT2D eigenvalue weighted by Crippen LogP contribution is 2.30. The molecule has 0 heterocycles. The molecule has 0 amide bonds. The van der Waals surface area contributed by atoms with E-state index < -0.39 is 36.2 Å². The summed E-state index contributed by atoms with van der Waals surface area (Å²) in [6, 6.07) is 3.63. The van der Waals surface area contributed by atoms with Gasteiger partial charge in [0.05, 0.1) is 7.11 Å². The fourth-order valence-electron chi connectivity index (χ4n) is 2.73. The van der Waals surface area contributed by atoms with Crippen LogP contribution >= 0.6 is 0 Å². The molecule has 1 rings (SSSR count). The number of carbonyl (C=O) groups excluding carboxylic acids is 4. The van der Waals surface area contributed by atoms with Crippen LogP contribution in [0.2, 0.25) is 0 Å². The number of ether oxygens (including phenoxy) is 5. The second kappa shape index (κ2) is 15.7. The van der Waals surface area contributed by atoms with Gasteiger partial charge in [0.2, 0.25) is 0 Å². The zero-order valence-electron chi connectivity index (χ0n) is 20.3. The average molecular weight is 482 g/mol. The van der Waals surface area contributed by atoms with Crippen molar-refractivity contribution in [2.75, 3.05) is 13.7 Å². The molecule has 190 valence electrons. The quantitative estimate of drug-likeness (QED) is 0.310. The van der Waals surface area contributed by atoms with Gasteiger partial charge in [-0.1, -0.05) is 32.8 Å². The van der Waals surface area contributed by atoms with Gasteiger partial charge < -0.3 is 29.4 Å². The lowest BCUT2D eigenvalue weighted by Crippen LogP contribution is -2.37. The number of benzene rings is 1. The second-order valence-electron chi connectivity index (χ2n) is 7.76. The van der Waals surface area contributed by atoms with E-state index in [-0.39, 0.29) is 37.4 Å². The van der Waals surface area contributed by atoms with E-state index in [9.17, 15) is 19.2 Å². The van der Waals surface area contributed by atoms with E-state index in [0.29, 0.717) is 18.4 Å². The largest absolute Gasteiger partial charge is 0.508 e. The van der Waals surface area contributed by atoms with Crippen LogP contribution in [0, 0.1) is 0 Å². The predicted octanol–water partition coefficient (Wildman–Crippen LogP) is 3.46. The number of hydrogen-bond donors (Lipinski definition) is 1. The highest BCUT2D eigenvalue weighted by atomic mass is 16.7. The van der Waals surface area contributed by atoms with Crippen molar-refractivity contribution in [3.63, 3.8) is 0 Å². The lowest BCUT2D eigenvalue weighted by Gasteiger charge is -2.17. The Morgan fingerprint density at radius 2 is 1.53 bits per heavy atom. The first-order valence-electron chi connectivity index (χ1n) is 11.4. The Hall–Kier alpha value is -3.14. The van der Waals surface area contributed by atoms with E-state index in [0.717, 1.165) is 12.8 Å². The third kappa shape index (κ3) is 11.1. The summed E-state index contributed by atoms with van der Waals surface area (Å²) < 4.78 is 25.1. The van der Waals surface area contributed by atoms with Gasteiger partial charge in [-0.25, -0.2) is 4.79 Å². The van der Waals surface area contributed by atoms with Gasteiger partial charge in [0.15, 0.2) is 11.5 Å². The van der Waals surface area contributed by atoms with Crippen LogP contribution in [0.4, 0.5) is 4.79 Å². The van der Waals surface area contributed by atoms with Gasteiger partial charge in [-0.15, -0.1) is 0 Å². The van der Waals surface area contributed by atoms with Crippen molar-refractivity contribution >= 4 is 24.1 Å². The summed E-state index contributed by atoms with van der Waals surface area (Å²) in [5, 5.41) is 0. The van der Waals surface area contributed by atoms with E-state index in [1.807, 2.05) is 13.8 Å². The van der Waals surface area contributed by atoms with Crippen molar-refractivity contribution in [2.24, 2.45) is 5.73 Å². The second-order valence-corrected chi connectivity index (χ2v) is 7.76. The third-order valence-corrected chi connectivity index (χ3v) is 4.60. The van der Waals surface area contributed by atoms with Crippen molar-refractivity contribution in [1.29, 1.82) is 0 Å². The van der Waals surface area contributed by atoms with Crippen molar-refractivity contribution in [1.82, 2.24) is 0 Å². The van der Waals surface area contributed by atoms with E-state index in [2.05, 4.69) is 4.74 Å². The number of methoxy groups -OCH3 is 1. The molecule has 0 aromatic heterocycles. The molecule has 0 aliphatic heterocycles. The zero-order chi connectivity index (χ0) is 25.5. The molecule has 34 heavy (non-hydrogen) atoms. The number of unbranched alkanes of at least 4 members (excludes halogenated alkanes) is 2. The molecule has 1 aromatic rings. The van der Waals surface area contributed by atoms with E-state index >= 15 is 0 Å². The number of esters is 3. The molecule has 10 nitrogen and oxygen atoms in total. The Morgan fingerprint density at radius 1 is 0.941 bits per heavy atom. The van der Waals surface area contributed by atoms with Crippen LogP contribution in [-0.4, -0.2) is 49.9 Å². The van der Waals surface area contributed by atoms with Gasteiger partial charge in [-0.05, 0) is 43.9 Å². The minimum atomic E-state index is -1.03. The van der Waals surface area contributed by atoms with Crippen molar-refractivity contribution in [3.05, 3.63) is 23.8 Å². The Labute approximate surface area is 200 Å². The number of hydrogen-bond acceptors (Lipinski definition) is 10. The SMILES string of the molecule is CCCCC(=O)Oc1ccc(C[C@H](N)C(=O)O[C@@H](C)COC(=O)OC)cc1OC(=O)CCCC. The van der Waals surface area contributed by atoms with Crippen LogP contribution in [0.5, 0.6) is 11.5 Å². The lowest BCUT2D eigenvalue weighted by atomic mass is 10.1. The van der Waals surface area contributed by atoms with Crippen LogP contribution in [-0.2, 0) is 35.0 Å². The third-order valence-electron chi connectivity index (χ3n) is 4.60. The standard InChI is InChI=1S/C24H35NO9/c1-5-7-9-21(26)33-19-12-11-17(14-20(19)34-22(27)10-8-6-2)13-18(25)23(28)32-16(3)15-31-24(29)30-4/h11-12,14,16,18H,5-10,13,15,25H2,1-4H3/t16-,18-/m0/s1. The smallest absolute Gasteiger partial charge is 0.458 e. The molecule has 0 saturated heterocycles. The molecule has 1 aromatic carbocycles. The zero-order valence-corrected chi connectivity index (χ0v) is 20.3. The molecule has 0 unspecified atom stereocenters. The maximum absolute atomic E-state index is 12.3. The summed E-state index contributed by atoms with van der Waals surface area (Å²) >= 11 is 0. The molecule has 2 atom stereocenters. The molecule has 0 aliphatic rings. The number of rotatable bonds is 14. The Balaban J connectivity index is 2.87. The lowest BCUT2D eigenvalue weighted by molar-refractivity contribution is -0.152. The number of nitrogens with two attached hydrogens (primary N) is 1.